The second-order valence-corrected chi connectivity index (χ2v) is 5.56. The maximum absolute atomic E-state index is 9.42. The van der Waals surface area contributed by atoms with Crippen molar-refractivity contribution in [3.8, 4) is 0 Å². The highest BCUT2D eigenvalue weighted by Gasteiger charge is 2.16. The Balaban J connectivity index is 2.58. The number of aliphatic hydroxyl groups excluding tert-OH is 1. The summed E-state index contributed by atoms with van der Waals surface area (Å²) >= 11 is 6.11. The summed E-state index contributed by atoms with van der Waals surface area (Å²) in [4.78, 5) is 0. The molecule has 0 aliphatic rings. The Kier molecular flexibility index (Phi) is 5.44. The first kappa shape index (κ1) is 14.5. The van der Waals surface area contributed by atoms with Gasteiger partial charge in [-0.15, -0.1) is 0 Å². The van der Waals surface area contributed by atoms with Gasteiger partial charge in [0.2, 0.25) is 0 Å². The van der Waals surface area contributed by atoms with Crippen LogP contribution in [-0.4, -0.2) is 23.9 Å². The van der Waals surface area contributed by atoms with Gasteiger partial charge in [-0.1, -0.05) is 29.8 Å². The van der Waals surface area contributed by atoms with Crippen LogP contribution in [0.4, 0.5) is 0 Å². The molecule has 0 fully saturated rings. The molecule has 1 N–H and O–H groups in total. The molecule has 0 bridgehead atoms. The zero-order valence-corrected chi connectivity index (χ0v) is 11.5. The van der Waals surface area contributed by atoms with Crippen molar-refractivity contribution in [2.24, 2.45) is 0 Å². The molecule has 1 aromatic rings. The van der Waals surface area contributed by atoms with Crippen LogP contribution in [0.15, 0.2) is 24.3 Å². The van der Waals surface area contributed by atoms with Gasteiger partial charge in [-0.3, -0.25) is 0 Å². The van der Waals surface area contributed by atoms with Crippen molar-refractivity contribution in [2.45, 2.75) is 38.7 Å². The Morgan fingerprint density at radius 3 is 2.47 bits per heavy atom. The highest BCUT2D eigenvalue weighted by Crippen LogP contribution is 2.27. The third kappa shape index (κ3) is 5.07. The summed E-state index contributed by atoms with van der Waals surface area (Å²) in [5.74, 6) is 0.0473. The molecule has 1 atom stereocenters. The lowest BCUT2D eigenvalue weighted by molar-refractivity contribution is -0.00804. The van der Waals surface area contributed by atoms with E-state index in [1.54, 1.807) is 0 Å². The fraction of sp³-hybridized carbons (Fsp3) is 0.571. The minimum Gasteiger partial charge on any atom is -0.396 e. The summed E-state index contributed by atoms with van der Waals surface area (Å²) < 4.78 is 5.67. The lowest BCUT2D eigenvalue weighted by Gasteiger charge is -2.22. The van der Waals surface area contributed by atoms with Crippen LogP contribution in [-0.2, 0) is 4.74 Å². The third-order valence-electron chi connectivity index (χ3n) is 2.57. The topological polar surface area (TPSA) is 29.5 Å². The zero-order chi connectivity index (χ0) is 12.9. The van der Waals surface area contributed by atoms with Crippen molar-refractivity contribution >= 4 is 11.6 Å². The summed E-state index contributed by atoms with van der Waals surface area (Å²) in [6.45, 7) is 6.79. The number of aliphatic hydroxyl groups is 1. The zero-order valence-electron chi connectivity index (χ0n) is 10.7. The molecule has 0 radical (unpaired) electrons. The Bertz CT molecular complexity index is 344. The van der Waals surface area contributed by atoms with E-state index in [4.69, 9.17) is 16.3 Å². The Hall–Kier alpha value is -0.570. The predicted molar refractivity (Wildman–Crippen MR) is 71.6 cm³/mol. The lowest BCUT2D eigenvalue weighted by atomic mass is 9.97. The maximum atomic E-state index is 9.42. The monoisotopic (exact) mass is 256 g/mol. The summed E-state index contributed by atoms with van der Waals surface area (Å²) in [7, 11) is 0. The molecule has 0 aliphatic carbocycles. The second kappa shape index (κ2) is 6.39. The average Bonchev–Trinajstić information content (AvgIpc) is 2.24. The highest BCUT2D eigenvalue weighted by molar-refractivity contribution is 6.31. The SMILES string of the molecule is CC(C)(C)OCCC(CO)c1ccccc1Cl. The standard InChI is InChI=1S/C14H21ClO2/c1-14(2,3)17-9-8-11(10-16)12-6-4-5-7-13(12)15/h4-7,11,16H,8-10H2,1-3H3. The van der Waals surface area contributed by atoms with E-state index in [9.17, 15) is 5.11 Å². The number of ether oxygens (including phenoxy) is 1. The minimum atomic E-state index is -0.138. The Morgan fingerprint density at radius 2 is 1.94 bits per heavy atom. The summed E-state index contributed by atoms with van der Waals surface area (Å²) in [6.07, 6.45) is 0.775. The minimum absolute atomic E-state index is 0.0473. The van der Waals surface area contributed by atoms with Crippen LogP contribution in [0.1, 0.15) is 38.7 Å². The van der Waals surface area contributed by atoms with E-state index in [0.717, 1.165) is 12.0 Å². The van der Waals surface area contributed by atoms with Crippen LogP contribution in [0.3, 0.4) is 0 Å². The number of benzene rings is 1. The molecule has 0 amide bonds. The van der Waals surface area contributed by atoms with Crippen molar-refractivity contribution in [1.29, 1.82) is 0 Å². The van der Waals surface area contributed by atoms with E-state index < -0.39 is 0 Å². The number of hydrogen-bond donors (Lipinski definition) is 1. The summed E-state index contributed by atoms with van der Waals surface area (Å²) in [5, 5.41) is 10.1. The fourth-order valence-electron chi connectivity index (χ4n) is 1.66. The van der Waals surface area contributed by atoms with E-state index in [1.165, 1.54) is 0 Å². The smallest absolute Gasteiger partial charge is 0.0598 e. The fourth-order valence-corrected chi connectivity index (χ4v) is 1.95. The molecular weight excluding hydrogens is 236 g/mol. The summed E-state index contributed by atoms with van der Waals surface area (Å²) in [6, 6.07) is 7.64. The molecule has 0 aromatic heterocycles. The molecule has 17 heavy (non-hydrogen) atoms. The van der Waals surface area contributed by atoms with Gasteiger partial charge in [0.1, 0.15) is 0 Å². The Labute approximate surface area is 109 Å². The molecule has 1 rings (SSSR count). The lowest BCUT2D eigenvalue weighted by Crippen LogP contribution is -2.21. The van der Waals surface area contributed by atoms with Gasteiger partial charge < -0.3 is 9.84 Å². The van der Waals surface area contributed by atoms with Crippen LogP contribution >= 0.6 is 11.6 Å². The first-order valence-corrected chi connectivity index (χ1v) is 6.31. The van der Waals surface area contributed by atoms with Gasteiger partial charge in [-0.2, -0.15) is 0 Å². The van der Waals surface area contributed by atoms with Crippen LogP contribution < -0.4 is 0 Å². The van der Waals surface area contributed by atoms with E-state index >= 15 is 0 Å². The number of rotatable bonds is 5. The first-order chi connectivity index (χ1) is 7.94. The molecule has 0 aliphatic heterocycles. The van der Waals surface area contributed by atoms with Crippen LogP contribution in [0.5, 0.6) is 0 Å². The molecule has 0 saturated carbocycles. The van der Waals surface area contributed by atoms with Crippen molar-refractivity contribution in [3.63, 3.8) is 0 Å². The van der Waals surface area contributed by atoms with Gasteiger partial charge in [0.25, 0.3) is 0 Å². The molecular formula is C14H21ClO2. The molecule has 0 saturated heterocycles. The van der Waals surface area contributed by atoms with Crippen LogP contribution in [0.2, 0.25) is 5.02 Å². The molecule has 0 spiro atoms. The number of halogens is 1. The van der Waals surface area contributed by atoms with E-state index in [2.05, 4.69) is 0 Å². The van der Waals surface area contributed by atoms with Crippen LogP contribution in [0, 0.1) is 0 Å². The normalized spacial score (nSPS) is 13.7. The van der Waals surface area contributed by atoms with Gasteiger partial charge >= 0.3 is 0 Å². The predicted octanol–water partition coefficient (Wildman–Crippen LogP) is 3.62. The van der Waals surface area contributed by atoms with Gasteiger partial charge in [0.15, 0.2) is 0 Å². The van der Waals surface area contributed by atoms with E-state index in [0.29, 0.717) is 11.6 Å². The van der Waals surface area contributed by atoms with Gasteiger partial charge in [0, 0.05) is 17.5 Å². The van der Waals surface area contributed by atoms with Gasteiger partial charge in [-0.05, 0) is 38.8 Å². The number of hydrogen-bond acceptors (Lipinski definition) is 2. The molecule has 2 nitrogen and oxygen atoms in total. The van der Waals surface area contributed by atoms with E-state index in [1.807, 2.05) is 45.0 Å². The molecule has 3 heteroatoms. The second-order valence-electron chi connectivity index (χ2n) is 5.15. The third-order valence-corrected chi connectivity index (χ3v) is 2.91. The first-order valence-electron chi connectivity index (χ1n) is 5.93. The summed E-state index contributed by atoms with van der Waals surface area (Å²) in [5.41, 5.74) is 0.856. The van der Waals surface area contributed by atoms with Crippen molar-refractivity contribution in [1.82, 2.24) is 0 Å². The van der Waals surface area contributed by atoms with Gasteiger partial charge in [-0.25, -0.2) is 0 Å². The van der Waals surface area contributed by atoms with Crippen molar-refractivity contribution in [3.05, 3.63) is 34.9 Å². The molecule has 0 heterocycles. The highest BCUT2D eigenvalue weighted by atomic mass is 35.5. The Morgan fingerprint density at radius 1 is 1.29 bits per heavy atom. The maximum Gasteiger partial charge on any atom is 0.0598 e. The van der Waals surface area contributed by atoms with Crippen molar-refractivity contribution in [2.75, 3.05) is 13.2 Å². The quantitative estimate of drug-likeness (QED) is 0.872. The largest absolute Gasteiger partial charge is 0.396 e. The van der Waals surface area contributed by atoms with Gasteiger partial charge in [0.05, 0.1) is 12.2 Å². The van der Waals surface area contributed by atoms with Crippen LogP contribution in [0.25, 0.3) is 0 Å². The molecule has 96 valence electrons. The average molecular weight is 257 g/mol. The van der Waals surface area contributed by atoms with E-state index in [-0.39, 0.29) is 18.1 Å². The van der Waals surface area contributed by atoms with Crippen molar-refractivity contribution < 1.29 is 9.84 Å². The molecule has 1 aromatic carbocycles. The molecule has 1 unspecified atom stereocenters.